The Labute approximate surface area is 112 Å². The summed E-state index contributed by atoms with van der Waals surface area (Å²) in [6, 6.07) is 1.62. The Bertz CT molecular complexity index is 576. The highest BCUT2D eigenvalue weighted by Crippen LogP contribution is 2.14. The second-order valence-electron chi connectivity index (χ2n) is 4.58. The van der Waals surface area contributed by atoms with Crippen LogP contribution in [0.25, 0.3) is 0 Å². The first-order chi connectivity index (χ1) is 9.11. The van der Waals surface area contributed by atoms with Gasteiger partial charge in [-0.2, -0.15) is 0 Å². The molecule has 0 aromatic carbocycles. The number of imidazole rings is 1. The predicted molar refractivity (Wildman–Crippen MR) is 72.8 cm³/mol. The van der Waals surface area contributed by atoms with Crippen molar-refractivity contribution in [2.45, 2.75) is 33.2 Å². The molecule has 0 bridgehead atoms. The van der Waals surface area contributed by atoms with Crippen molar-refractivity contribution in [1.29, 1.82) is 0 Å². The molecule has 100 valence electrons. The molecule has 2 aromatic rings. The first kappa shape index (κ1) is 13.3. The third kappa shape index (κ3) is 2.99. The number of aryl methyl sites for hydroxylation is 2. The van der Waals surface area contributed by atoms with E-state index in [0.29, 0.717) is 5.56 Å². The van der Waals surface area contributed by atoms with Gasteiger partial charge in [0.05, 0.1) is 6.04 Å². The Morgan fingerprint density at radius 1 is 1.42 bits per heavy atom. The highest BCUT2D eigenvalue weighted by atomic mass is 16.1. The van der Waals surface area contributed by atoms with Crippen molar-refractivity contribution >= 4 is 5.91 Å². The molecular weight excluding hydrogens is 240 g/mol. The molecule has 1 atom stereocenters. The van der Waals surface area contributed by atoms with Crippen LogP contribution in [0.3, 0.4) is 0 Å². The molecular formula is C14H18N4O. The van der Waals surface area contributed by atoms with Gasteiger partial charge in [-0.15, -0.1) is 0 Å². The summed E-state index contributed by atoms with van der Waals surface area (Å²) in [6.07, 6.45) is 5.86. The molecule has 2 N–H and O–H groups in total. The van der Waals surface area contributed by atoms with E-state index >= 15 is 0 Å². The van der Waals surface area contributed by atoms with Crippen LogP contribution in [0.4, 0.5) is 0 Å². The second kappa shape index (κ2) is 5.65. The van der Waals surface area contributed by atoms with Gasteiger partial charge in [-0.3, -0.25) is 9.78 Å². The molecule has 0 saturated heterocycles. The lowest BCUT2D eigenvalue weighted by atomic mass is 10.1. The van der Waals surface area contributed by atoms with Gasteiger partial charge in [-0.1, -0.05) is 6.92 Å². The van der Waals surface area contributed by atoms with Gasteiger partial charge in [-0.25, -0.2) is 4.98 Å². The summed E-state index contributed by atoms with van der Waals surface area (Å²) < 4.78 is 0. The Hall–Kier alpha value is -2.17. The fourth-order valence-electron chi connectivity index (χ4n) is 1.94. The minimum Gasteiger partial charge on any atom is -0.344 e. The molecule has 0 saturated carbocycles. The van der Waals surface area contributed by atoms with Crippen molar-refractivity contribution in [3.63, 3.8) is 0 Å². The maximum absolute atomic E-state index is 12.2. The molecule has 5 nitrogen and oxygen atoms in total. The SMILES string of the molecule is CCC(NC(=O)c1ccncc1C)c1ncc(C)[nH]1. The smallest absolute Gasteiger partial charge is 0.252 e. The molecule has 1 unspecified atom stereocenters. The van der Waals surface area contributed by atoms with Crippen LogP contribution in [-0.2, 0) is 0 Å². The van der Waals surface area contributed by atoms with E-state index in [0.717, 1.165) is 23.5 Å². The van der Waals surface area contributed by atoms with E-state index in [-0.39, 0.29) is 11.9 Å². The summed E-state index contributed by atoms with van der Waals surface area (Å²) in [4.78, 5) is 23.7. The van der Waals surface area contributed by atoms with Crippen LogP contribution in [0, 0.1) is 13.8 Å². The molecule has 0 aliphatic rings. The van der Waals surface area contributed by atoms with Crippen molar-refractivity contribution < 1.29 is 4.79 Å². The molecule has 5 heteroatoms. The lowest BCUT2D eigenvalue weighted by molar-refractivity contribution is 0.0933. The second-order valence-corrected chi connectivity index (χ2v) is 4.58. The van der Waals surface area contributed by atoms with Crippen LogP contribution in [0.1, 0.15) is 46.8 Å². The zero-order valence-electron chi connectivity index (χ0n) is 11.4. The molecule has 2 aromatic heterocycles. The van der Waals surface area contributed by atoms with Crippen LogP contribution in [0.2, 0.25) is 0 Å². The minimum absolute atomic E-state index is 0.0965. The molecule has 0 radical (unpaired) electrons. The van der Waals surface area contributed by atoms with Crippen LogP contribution in [0.15, 0.2) is 24.7 Å². The lowest BCUT2D eigenvalue weighted by Gasteiger charge is -2.15. The summed E-state index contributed by atoms with van der Waals surface area (Å²) in [5.41, 5.74) is 2.50. The molecule has 19 heavy (non-hydrogen) atoms. The number of amides is 1. The topological polar surface area (TPSA) is 70.7 Å². The number of pyridine rings is 1. The number of nitrogens with one attached hydrogen (secondary N) is 2. The van der Waals surface area contributed by atoms with E-state index in [1.165, 1.54) is 0 Å². The van der Waals surface area contributed by atoms with Crippen molar-refractivity contribution in [2.24, 2.45) is 0 Å². The summed E-state index contributed by atoms with van der Waals surface area (Å²) in [5.74, 6) is 0.695. The van der Waals surface area contributed by atoms with Crippen LogP contribution in [-0.4, -0.2) is 20.9 Å². The lowest BCUT2D eigenvalue weighted by Crippen LogP contribution is -2.29. The number of hydrogen-bond donors (Lipinski definition) is 2. The Balaban J connectivity index is 2.15. The number of H-pyrrole nitrogens is 1. The van der Waals surface area contributed by atoms with Crippen molar-refractivity contribution in [3.8, 4) is 0 Å². The average Bonchev–Trinajstić information content (AvgIpc) is 2.82. The van der Waals surface area contributed by atoms with Gasteiger partial charge in [-0.05, 0) is 31.9 Å². The number of carbonyl (C=O) groups excluding carboxylic acids is 1. The number of hydrogen-bond acceptors (Lipinski definition) is 3. The first-order valence-electron chi connectivity index (χ1n) is 6.34. The van der Waals surface area contributed by atoms with Crippen LogP contribution in [0.5, 0.6) is 0 Å². The fourth-order valence-corrected chi connectivity index (χ4v) is 1.94. The van der Waals surface area contributed by atoms with Gasteiger partial charge in [0, 0.05) is 29.8 Å². The highest BCUT2D eigenvalue weighted by molar-refractivity contribution is 5.95. The number of carbonyl (C=O) groups is 1. The minimum atomic E-state index is -0.103. The molecule has 0 aliphatic carbocycles. The van der Waals surface area contributed by atoms with E-state index in [9.17, 15) is 4.79 Å². The molecule has 0 spiro atoms. The summed E-state index contributed by atoms with van der Waals surface area (Å²) >= 11 is 0. The van der Waals surface area contributed by atoms with Crippen molar-refractivity contribution in [1.82, 2.24) is 20.3 Å². The summed E-state index contributed by atoms with van der Waals surface area (Å²) in [6.45, 7) is 5.83. The standard InChI is InChI=1S/C14H18N4O/c1-4-12(13-16-8-10(3)17-13)18-14(19)11-5-6-15-7-9(11)2/h5-8,12H,4H2,1-3H3,(H,16,17)(H,18,19). The highest BCUT2D eigenvalue weighted by Gasteiger charge is 2.17. The van der Waals surface area contributed by atoms with Gasteiger partial charge in [0.1, 0.15) is 5.82 Å². The van der Waals surface area contributed by atoms with Gasteiger partial charge in [0.2, 0.25) is 0 Å². The van der Waals surface area contributed by atoms with Gasteiger partial charge in [0.25, 0.3) is 5.91 Å². The average molecular weight is 258 g/mol. The zero-order chi connectivity index (χ0) is 13.8. The molecule has 0 fully saturated rings. The van der Waals surface area contributed by atoms with E-state index in [4.69, 9.17) is 0 Å². The van der Waals surface area contributed by atoms with Gasteiger partial charge < -0.3 is 10.3 Å². The van der Waals surface area contributed by atoms with E-state index in [1.807, 2.05) is 20.8 Å². The molecule has 2 heterocycles. The number of rotatable bonds is 4. The maximum Gasteiger partial charge on any atom is 0.252 e. The van der Waals surface area contributed by atoms with Crippen LogP contribution < -0.4 is 5.32 Å². The third-order valence-electron chi connectivity index (χ3n) is 3.03. The summed E-state index contributed by atoms with van der Waals surface area (Å²) in [7, 11) is 0. The van der Waals surface area contributed by atoms with Crippen molar-refractivity contribution in [2.75, 3.05) is 0 Å². The zero-order valence-corrected chi connectivity index (χ0v) is 11.4. The number of nitrogens with zero attached hydrogens (tertiary/aromatic N) is 2. The van der Waals surface area contributed by atoms with Gasteiger partial charge >= 0.3 is 0 Å². The fraction of sp³-hybridized carbons (Fsp3) is 0.357. The van der Waals surface area contributed by atoms with E-state index < -0.39 is 0 Å². The first-order valence-corrected chi connectivity index (χ1v) is 6.34. The number of aromatic amines is 1. The van der Waals surface area contributed by atoms with E-state index in [1.54, 1.807) is 24.7 Å². The number of aromatic nitrogens is 3. The molecule has 2 rings (SSSR count). The van der Waals surface area contributed by atoms with Crippen LogP contribution >= 0.6 is 0 Å². The Morgan fingerprint density at radius 2 is 2.21 bits per heavy atom. The third-order valence-corrected chi connectivity index (χ3v) is 3.03. The molecule has 1 amide bonds. The Morgan fingerprint density at radius 3 is 2.79 bits per heavy atom. The molecule has 0 aliphatic heterocycles. The normalized spacial score (nSPS) is 12.2. The maximum atomic E-state index is 12.2. The predicted octanol–water partition coefficient (Wildman–Crippen LogP) is 2.30. The van der Waals surface area contributed by atoms with E-state index in [2.05, 4.69) is 20.3 Å². The Kier molecular flexibility index (Phi) is 3.94. The van der Waals surface area contributed by atoms with Crippen molar-refractivity contribution in [3.05, 3.63) is 47.3 Å². The monoisotopic (exact) mass is 258 g/mol. The van der Waals surface area contributed by atoms with Gasteiger partial charge in [0.15, 0.2) is 0 Å². The largest absolute Gasteiger partial charge is 0.344 e. The summed E-state index contributed by atoms with van der Waals surface area (Å²) in [5, 5.41) is 2.99. The quantitative estimate of drug-likeness (QED) is 0.884.